The zero-order valence-corrected chi connectivity index (χ0v) is 2.15. The summed E-state index contributed by atoms with van der Waals surface area (Å²) < 4.78 is 47.3. The van der Waals surface area contributed by atoms with Gasteiger partial charge < -0.3 is 5.72 Å². The third kappa shape index (κ3) is 1130. The lowest BCUT2D eigenvalue weighted by Gasteiger charge is -1.81. The molecule has 0 amide bonds. The van der Waals surface area contributed by atoms with Crippen molar-refractivity contribution in [3.8, 4) is 0 Å². The maximum atomic E-state index is 7.08. The first-order valence-corrected chi connectivity index (χ1v) is 0.827. The zero-order chi connectivity index (χ0) is 9.28. The molecule has 26 valence electrons. The molecule has 0 spiro atoms. The third-order valence-corrected chi connectivity index (χ3v) is 0. The number of hydrogen-bond acceptors (Lipinski definition) is 1. The van der Waals surface area contributed by atoms with Crippen LogP contribution in [0.4, 0.5) is 0 Å². The lowest BCUT2D eigenvalue weighted by Crippen LogP contribution is -2.06. The van der Waals surface area contributed by atoms with E-state index in [1.165, 1.54) is 0 Å². The van der Waals surface area contributed by atoms with E-state index >= 15 is 0 Å². The Morgan fingerprint density at radius 3 is 3.75 bits per heavy atom. The molecule has 0 fully saturated rings. The summed E-state index contributed by atoms with van der Waals surface area (Å²) in [4.78, 5) is 0. The SMILES string of the molecule is [2H]CC([2H])(N([2H])[2H])C([2H])([2H])[2H]. The van der Waals surface area contributed by atoms with Crippen LogP contribution in [0.1, 0.15) is 20.6 Å². The van der Waals surface area contributed by atoms with E-state index < -0.39 is 19.8 Å². The summed E-state index contributed by atoms with van der Waals surface area (Å²) in [6.45, 7) is -3.62. The Balaban J connectivity index is 4.61. The van der Waals surface area contributed by atoms with Gasteiger partial charge in [0.15, 0.2) is 0 Å². The highest BCUT2D eigenvalue weighted by Gasteiger charge is 1.67. The predicted octanol–water partition coefficient (Wildman–Crippen LogP) is 0.354. The molecule has 2 N–H and O–H groups in total. The molecular formula is C3H9N. The molecule has 4 heavy (non-hydrogen) atoms. The first-order chi connectivity index (χ1) is 4.75. The van der Waals surface area contributed by atoms with Crippen LogP contribution in [0.5, 0.6) is 0 Å². The van der Waals surface area contributed by atoms with Crippen LogP contribution in [0.2, 0.25) is 2.82 Å². The molecular weight excluding hydrogens is 50.0 g/mol. The van der Waals surface area contributed by atoms with E-state index in [4.69, 9.17) is 9.68 Å². The molecule has 0 bridgehead atoms. The topological polar surface area (TPSA) is 26.0 Å². The number of hydrogen-bond donors (Lipinski definition) is 1. The molecule has 0 aromatic heterocycles. The molecule has 1 atom stereocenters. The van der Waals surface area contributed by atoms with Gasteiger partial charge in [-0.25, -0.2) is 0 Å². The average molecular weight is 66.2 g/mol. The maximum Gasteiger partial charge on any atom is 0.119 e. The standard InChI is InChI=1S/C3H9N/c1-3(2)4/h3H,4H2,1-2H3/i1D,2D3,3D/hD2. The van der Waals surface area contributed by atoms with Gasteiger partial charge in [-0.3, -0.25) is 0 Å². The summed E-state index contributed by atoms with van der Waals surface area (Å²) in [7, 11) is 0. The molecule has 0 aliphatic carbocycles. The van der Waals surface area contributed by atoms with E-state index in [1.807, 2.05) is 0 Å². The second kappa shape index (κ2) is 1.30. The van der Waals surface area contributed by atoms with Gasteiger partial charge in [-0.2, -0.15) is 0 Å². The van der Waals surface area contributed by atoms with Crippen LogP contribution in [-0.4, -0.2) is 6.02 Å². The van der Waals surface area contributed by atoms with Crippen LogP contribution in [0.15, 0.2) is 0 Å². The van der Waals surface area contributed by atoms with Gasteiger partial charge in [0, 0.05) is 6.85 Å². The van der Waals surface area contributed by atoms with Crippen LogP contribution in [0.25, 0.3) is 0 Å². The van der Waals surface area contributed by atoms with Gasteiger partial charge in [0.05, 0.1) is 0 Å². The second-order valence-electron chi connectivity index (χ2n) is 0.447. The molecule has 0 aromatic carbocycles. The van der Waals surface area contributed by atoms with Crippen molar-refractivity contribution >= 4 is 0 Å². The van der Waals surface area contributed by atoms with E-state index in [-0.39, 0.29) is 5.72 Å². The van der Waals surface area contributed by atoms with E-state index in [1.54, 1.807) is 0 Å². The summed E-state index contributed by atoms with van der Waals surface area (Å²) in [5.74, 6) is 0. The highest BCUT2D eigenvalue weighted by Crippen LogP contribution is 1.58. The first-order valence-electron chi connectivity index (χ1n) is 4.43. The molecule has 0 rings (SSSR count). The Hall–Kier alpha value is -0.0400. The van der Waals surface area contributed by atoms with E-state index in [9.17, 15) is 0 Å². The van der Waals surface area contributed by atoms with Gasteiger partial charge in [0.25, 0.3) is 0 Å². The molecule has 1 nitrogen and oxygen atoms in total. The highest BCUT2D eigenvalue weighted by molar-refractivity contribution is 4.32. The second-order valence-corrected chi connectivity index (χ2v) is 0.447. The average Bonchev–Trinajstić information content (AvgIpc) is 1.83. The highest BCUT2D eigenvalue weighted by atomic mass is 14.6. The molecule has 0 heterocycles. The number of rotatable bonds is 1. The van der Waals surface area contributed by atoms with Gasteiger partial charge in [-0.15, -0.1) is 0 Å². The Morgan fingerprint density at radius 1 is 2.75 bits per heavy atom. The molecule has 1 heteroatoms. The zero-order valence-electron chi connectivity index (χ0n) is 9.15. The first kappa shape index (κ1) is 0.350. The fraction of sp³-hybridized carbons (Fsp3) is 1.00. The van der Waals surface area contributed by atoms with Crippen molar-refractivity contribution < 1.29 is 9.68 Å². The van der Waals surface area contributed by atoms with Gasteiger partial charge >= 0.3 is 0 Å². The molecule has 0 saturated carbocycles. The molecule has 1 unspecified atom stereocenters. The van der Waals surface area contributed by atoms with Crippen molar-refractivity contribution in [2.24, 2.45) is 5.72 Å². The summed E-state index contributed by atoms with van der Waals surface area (Å²) in [6.07, 6.45) is 0. The van der Waals surface area contributed by atoms with E-state index in [0.717, 1.165) is 0 Å². The Bertz CT molecular complexity index is 130. The Kier molecular flexibility index (Phi) is 0.113. The third-order valence-electron chi connectivity index (χ3n) is 0. The van der Waals surface area contributed by atoms with Crippen LogP contribution in [0, 0.1) is 0 Å². The van der Waals surface area contributed by atoms with Crippen molar-refractivity contribution in [2.45, 2.75) is 19.8 Å². The quantitative estimate of drug-likeness (QED) is 0.469. The Morgan fingerprint density at radius 2 is 3.75 bits per heavy atom. The minimum Gasteiger partial charge on any atom is -0.328 e. The minimum absolute atomic E-state index is 0.257. The fourth-order valence-corrected chi connectivity index (χ4v) is 0. The van der Waals surface area contributed by atoms with Crippen LogP contribution >= 0.6 is 0 Å². The minimum atomic E-state index is -2.79. The molecule has 0 radical (unpaired) electrons. The molecule has 0 aliphatic rings. The van der Waals surface area contributed by atoms with Gasteiger partial charge in [-0.1, -0.05) is 13.8 Å². The summed E-state index contributed by atoms with van der Waals surface area (Å²) in [6, 6.07) is -2.44. The van der Waals surface area contributed by atoms with Crippen molar-refractivity contribution in [2.75, 3.05) is 0 Å². The molecule has 0 aromatic rings. The lowest BCUT2D eigenvalue weighted by atomic mass is 10.5. The summed E-state index contributed by atoms with van der Waals surface area (Å²) >= 11 is 0. The van der Waals surface area contributed by atoms with Gasteiger partial charge in [-0.05, 0) is 6.02 Å². The fourth-order valence-electron chi connectivity index (χ4n) is 0. The summed E-state index contributed by atoms with van der Waals surface area (Å²) in [5, 5.41) is 0. The molecule has 0 saturated heterocycles. The van der Waals surface area contributed by atoms with E-state index in [0.29, 0.717) is 0 Å². The van der Waals surface area contributed by atoms with Crippen molar-refractivity contribution in [1.29, 1.82) is 0 Å². The Labute approximate surface area is 36.8 Å². The largest absolute Gasteiger partial charge is 0.328 e. The van der Waals surface area contributed by atoms with Crippen molar-refractivity contribution in [1.82, 2.24) is 0 Å². The van der Waals surface area contributed by atoms with Crippen LogP contribution in [0.3, 0.4) is 0 Å². The van der Waals surface area contributed by atoms with Crippen molar-refractivity contribution in [3.05, 3.63) is 0 Å². The number of nitrogens with two attached hydrogens (primary N) is 1. The lowest BCUT2D eigenvalue weighted by molar-refractivity contribution is 0.834. The van der Waals surface area contributed by atoms with Gasteiger partial charge in [0.1, 0.15) is 2.82 Å². The van der Waals surface area contributed by atoms with E-state index in [2.05, 4.69) is 0 Å². The van der Waals surface area contributed by atoms with Gasteiger partial charge in [0.2, 0.25) is 0 Å². The normalized spacial score (nSPS) is 52.8. The predicted molar refractivity (Wildman–Crippen MR) is 19.3 cm³/mol. The van der Waals surface area contributed by atoms with Crippen LogP contribution < -0.4 is 5.72 Å². The van der Waals surface area contributed by atoms with Crippen LogP contribution in [-0.2, 0) is 0 Å². The maximum absolute atomic E-state index is 7.08. The summed E-state index contributed by atoms with van der Waals surface area (Å²) in [5.41, 5.74) is -0.257. The smallest absolute Gasteiger partial charge is 0.119 e. The van der Waals surface area contributed by atoms with Crippen molar-refractivity contribution in [3.63, 3.8) is 0 Å². The monoisotopic (exact) mass is 66.1 g/mol. The molecule has 0 aliphatic heterocycles.